The molecule has 1 N–H and O–H groups in total. The average molecular weight is 424 g/mol. The summed E-state index contributed by atoms with van der Waals surface area (Å²) in [7, 11) is 0. The number of carbonyl (C=O) groups excluding carboxylic acids is 1. The summed E-state index contributed by atoms with van der Waals surface area (Å²) < 4.78 is 2.08. The fraction of sp³-hybridized carbons (Fsp3) is 0.150. The van der Waals surface area contributed by atoms with E-state index in [4.69, 9.17) is 0 Å². The smallest absolute Gasteiger partial charge is 0.261 e. The third kappa shape index (κ3) is 4.87. The number of anilines is 1. The molecule has 2 aromatic heterocycles. The number of aromatic nitrogens is 4. The maximum absolute atomic E-state index is 12.5. The molecule has 29 heavy (non-hydrogen) atoms. The Bertz CT molecular complexity index is 1190. The van der Waals surface area contributed by atoms with Gasteiger partial charge in [-0.25, -0.2) is 4.98 Å². The van der Waals surface area contributed by atoms with Gasteiger partial charge in [0, 0.05) is 5.75 Å². The van der Waals surface area contributed by atoms with Crippen molar-refractivity contribution in [3.63, 3.8) is 0 Å². The Morgan fingerprint density at radius 1 is 1.07 bits per heavy atom. The fourth-order valence-corrected chi connectivity index (χ4v) is 4.58. The topological polar surface area (TPSA) is 89.8 Å². The van der Waals surface area contributed by atoms with Crippen LogP contribution in [0.1, 0.15) is 5.56 Å². The summed E-state index contributed by atoms with van der Waals surface area (Å²) in [5.41, 5.74) is 1.63. The van der Waals surface area contributed by atoms with Crippen LogP contribution in [0.15, 0.2) is 70.1 Å². The van der Waals surface area contributed by atoms with Crippen LogP contribution in [-0.2, 0) is 17.8 Å². The quantitative estimate of drug-likeness (QED) is 0.363. The normalized spacial score (nSPS) is 10.9. The molecule has 0 saturated heterocycles. The summed E-state index contributed by atoms with van der Waals surface area (Å²) in [6, 6.07) is 17.3. The van der Waals surface area contributed by atoms with E-state index in [9.17, 15) is 9.59 Å². The van der Waals surface area contributed by atoms with Gasteiger partial charge in [-0.2, -0.15) is 0 Å². The number of hydrogen-bond donors (Lipinski definition) is 1. The van der Waals surface area contributed by atoms with Crippen molar-refractivity contribution in [2.75, 3.05) is 11.1 Å². The van der Waals surface area contributed by atoms with Crippen LogP contribution in [0.2, 0.25) is 0 Å². The number of hydrogen-bond acceptors (Lipinski definition) is 7. The lowest BCUT2D eigenvalue weighted by Gasteiger charge is -2.05. The number of para-hydroxylation sites is 1. The first-order chi connectivity index (χ1) is 14.2. The van der Waals surface area contributed by atoms with Crippen LogP contribution in [0.4, 0.5) is 5.13 Å². The number of nitrogens with one attached hydrogen (secondary N) is 1. The highest BCUT2D eigenvalue weighted by Crippen LogP contribution is 2.26. The Morgan fingerprint density at radius 2 is 1.86 bits per heavy atom. The predicted molar refractivity (Wildman–Crippen MR) is 115 cm³/mol. The Kier molecular flexibility index (Phi) is 5.97. The highest BCUT2D eigenvalue weighted by molar-refractivity contribution is 8.01. The van der Waals surface area contributed by atoms with E-state index in [1.165, 1.54) is 27.8 Å². The lowest BCUT2D eigenvalue weighted by atomic mass is 10.2. The summed E-state index contributed by atoms with van der Waals surface area (Å²) >= 11 is 2.92. The van der Waals surface area contributed by atoms with Gasteiger partial charge in [0.05, 0.1) is 17.2 Å². The first kappa shape index (κ1) is 19.3. The molecule has 0 unspecified atom stereocenters. The molecule has 146 valence electrons. The Balaban J connectivity index is 1.33. The van der Waals surface area contributed by atoms with Crippen molar-refractivity contribution in [3.05, 3.63) is 76.8 Å². The molecule has 2 heterocycles. The summed E-state index contributed by atoms with van der Waals surface area (Å²) in [5.74, 6) is 0.534. The molecule has 0 aliphatic heterocycles. The van der Waals surface area contributed by atoms with Crippen LogP contribution in [0.25, 0.3) is 10.9 Å². The van der Waals surface area contributed by atoms with Gasteiger partial charge in [0.25, 0.3) is 5.56 Å². The molecule has 9 heteroatoms. The minimum absolute atomic E-state index is 0.132. The van der Waals surface area contributed by atoms with Crippen molar-refractivity contribution < 1.29 is 4.79 Å². The van der Waals surface area contributed by atoms with Crippen molar-refractivity contribution in [3.8, 4) is 0 Å². The maximum atomic E-state index is 12.5. The lowest BCUT2D eigenvalue weighted by Crippen LogP contribution is -2.27. The zero-order valence-electron chi connectivity index (χ0n) is 15.3. The van der Waals surface area contributed by atoms with Gasteiger partial charge in [0.2, 0.25) is 11.0 Å². The van der Waals surface area contributed by atoms with Crippen molar-refractivity contribution in [1.29, 1.82) is 0 Å². The number of amides is 1. The van der Waals surface area contributed by atoms with Crippen LogP contribution in [0.3, 0.4) is 0 Å². The van der Waals surface area contributed by atoms with Gasteiger partial charge in [-0.05, 0) is 24.1 Å². The van der Waals surface area contributed by atoms with Crippen LogP contribution >= 0.6 is 23.1 Å². The van der Waals surface area contributed by atoms with E-state index in [0.717, 1.165) is 16.5 Å². The molecule has 4 aromatic rings. The largest absolute Gasteiger partial charge is 0.299 e. The van der Waals surface area contributed by atoms with E-state index < -0.39 is 0 Å². The highest BCUT2D eigenvalue weighted by atomic mass is 32.2. The molecule has 0 radical (unpaired) electrons. The fourth-order valence-electron chi connectivity index (χ4n) is 2.75. The van der Waals surface area contributed by atoms with E-state index in [0.29, 0.717) is 16.0 Å². The first-order valence-corrected chi connectivity index (χ1v) is 10.7. The second-order valence-electron chi connectivity index (χ2n) is 6.20. The molecule has 0 saturated carbocycles. The summed E-state index contributed by atoms with van der Waals surface area (Å²) in [5, 5.41) is 11.7. The molecular weight excluding hydrogens is 406 g/mol. The van der Waals surface area contributed by atoms with Gasteiger partial charge >= 0.3 is 0 Å². The predicted octanol–water partition coefficient (Wildman–Crippen LogP) is 3.22. The molecule has 0 fully saturated rings. The molecule has 1 amide bonds. The van der Waals surface area contributed by atoms with E-state index in [-0.39, 0.29) is 18.0 Å². The monoisotopic (exact) mass is 423 g/mol. The minimum Gasteiger partial charge on any atom is -0.299 e. The Hall–Kier alpha value is -3.04. The lowest BCUT2D eigenvalue weighted by molar-refractivity contribution is -0.116. The number of rotatable bonds is 7. The standard InChI is InChI=1S/C20H17N5O2S2/c26-17(12-25-13-21-16-9-5-4-8-15(16)18(25)27)22-19-23-24-20(29-19)28-11-10-14-6-2-1-3-7-14/h1-9,13H,10-12H2,(H,22,23,26). The van der Waals surface area contributed by atoms with Gasteiger partial charge in [-0.3, -0.25) is 19.5 Å². The van der Waals surface area contributed by atoms with E-state index in [2.05, 4.69) is 32.6 Å². The summed E-state index contributed by atoms with van der Waals surface area (Å²) in [6.07, 6.45) is 2.32. The van der Waals surface area contributed by atoms with Crippen LogP contribution in [0, 0.1) is 0 Å². The van der Waals surface area contributed by atoms with Crippen LogP contribution in [0.5, 0.6) is 0 Å². The average Bonchev–Trinajstić information content (AvgIpc) is 3.18. The second kappa shape index (κ2) is 8.97. The van der Waals surface area contributed by atoms with Gasteiger partial charge in [-0.15, -0.1) is 10.2 Å². The molecule has 0 aliphatic rings. The SMILES string of the molecule is O=C(Cn1cnc2ccccc2c1=O)Nc1nnc(SCCc2ccccc2)s1. The van der Waals surface area contributed by atoms with Crippen molar-refractivity contribution >= 4 is 45.0 Å². The van der Waals surface area contributed by atoms with Crippen molar-refractivity contribution in [2.45, 2.75) is 17.3 Å². The number of thioether (sulfide) groups is 1. The number of nitrogens with zero attached hydrogens (tertiary/aromatic N) is 4. The number of aryl methyl sites for hydroxylation is 1. The number of fused-ring (bicyclic) bond motifs is 1. The first-order valence-electron chi connectivity index (χ1n) is 8.93. The molecule has 7 nitrogen and oxygen atoms in total. The molecule has 0 aliphatic carbocycles. The third-order valence-electron chi connectivity index (χ3n) is 4.16. The third-order valence-corrected chi connectivity index (χ3v) is 6.13. The summed E-state index contributed by atoms with van der Waals surface area (Å²) in [4.78, 5) is 29.0. The molecule has 2 aromatic carbocycles. The molecule has 0 bridgehead atoms. The van der Waals surface area contributed by atoms with Gasteiger partial charge in [0.1, 0.15) is 6.54 Å². The van der Waals surface area contributed by atoms with Gasteiger partial charge < -0.3 is 0 Å². The zero-order valence-corrected chi connectivity index (χ0v) is 16.9. The molecular formula is C20H17N5O2S2. The van der Waals surface area contributed by atoms with Crippen LogP contribution < -0.4 is 10.9 Å². The Morgan fingerprint density at radius 3 is 2.72 bits per heavy atom. The van der Waals surface area contributed by atoms with E-state index in [1.807, 2.05) is 24.3 Å². The van der Waals surface area contributed by atoms with Crippen molar-refractivity contribution in [2.24, 2.45) is 0 Å². The minimum atomic E-state index is -0.346. The van der Waals surface area contributed by atoms with Gasteiger partial charge in [-0.1, -0.05) is 65.6 Å². The van der Waals surface area contributed by atoms with Gasteiger partial charge in [0.15, 0.2) is 4.34 Å². The van der Waals surface area contributed by atoms with E-state index in [1.54, 1.807) is 30.0 Å². The second-order valence-corrected chi connectivity index (χ2v) is 8.52. The summed E-state index contributed by atoms with van der Waals surface area (Å²) in [6.45, 7) is -0.132. The molecule has 0 spiro atoms. The van der Waals surface area contributed by atoms with E-state index >= 15 is 0 Å². The molecule has 4 rings (SSSR count). The maximum Gasteiger partial charge on any atom is 0.261 e. The highest BCUT2D eigenvalue weighted by Gasteiger charge is 2.11. The Labute approximate surface area is 174 Å². The number of carbonyl (C=O) groups is 1. The zero-order chi connectivity index (χ0) is 20.1. The molecule has 0 atom stereocenters. The van der Waals surface area contributed by atoms with Crippen LogP contribution in [-0.4, -0.2) is 31.4 Å². The van der Waals surface area contributed by atoms with Crippen molar-refractivity contribution in [1.82, 2.24) is 19.7 Å². The number of benzene rings is 2.